The van der Waals surface area contributed by atoms with E-state index in [9.17, 15) is 5.11 Å². The summed E-state index contributed by atoms with van der Waals surface area (Å²) < 4.78 is 119. The Balaban J connectivity index is 2.34. The molecule has 1 unspecified atom stereocenters. The number of fused-ring (bicyclic) bond motifs is 3. The van der Waals surface area contributed by atoms with Gasteiger partial charge in [0.25, 0.3) is 0 Å². The van der Waals surface area contributed by atoms with E-state index in [1.807, 2.05) is 0 Å². The number of aryl methyl sites for hydroxylation is 1. The molecule has 0 bridgehead atoms. The third-order valence-corrected chi connectivity index (χ3v) is 3.90. The smallest absolute Gasteiger partial charge is 0.161 e. The minimum absolute atomic E-state index is 0.00853. The number of methoxy groups -OCH3 is 2. The average Bonchev–Trinajstić information content (AvgIpc) is 2.68. The van der Waals surface area contributed by atoms with Crippen LogP contribution in [0.5, 0.6) is 11.5 Å². The lowest BCUT2D eigenvalue weighted by Crippen LogP contribution is -2.48. The molecule has 1 aromatic carbocycles. The van der Waals surface area contributed by atoms with Crippen LogP contribution in [0.2, 0.25) is 0 Å². The van der Waals surface area contributed by atoms with Gasteiger partial charge in [-0.3, -0.25) is 4.90 Å². The predicted molar refractivity (Wildman–Crippen MR) is 91.1 cm³/mol. The van der Waals surface area contributed by atoms with Gasteiger partial charge in [0.2, 0.25) is 0 Å². The Morgan fingerprint density at radius 1 is 1.52 bits per heavy atom. The maximum atomic E-state index is 11.1. The maximum Gasteiger partial charge on any atom is 0.161 e. The molecule has 0 amide bonds. The van der Waals surface area contributed by atoms with E-state index in [1.54, 1.807) is 0 Å². The largest absolute Gasteiger partial charge is 0.493 e. The molecule has 0 spiro atoms. The lowest BCUT2D eigenvalue weighted by Gasteiger charge is -2.46. The van der Waals surface area contributed by atoms with Crippen molar-refractivity contribution >= 4 is 0 Å². The van der Waals surface area contributed by atoms with Crippen LogP contribution in [0.25, 0.3) is 0 Å². The molecule has 0 aliphatic carbocycles. The van der Waals surface area contributed by atoms with Crippen molar-refractivity contribution in [1.82, 2.24) is 4.90 Å². The summed E-state index contributed by atoms with van der Waals surface area (Å²) in [5.41, 5.74) is -0.238. The maximum absolute atomic E-state index is 11.1. The van der Waals surface area contributed by atoms with Gasteiger partial charge in [-0.15, -0.1) is 0 Å². The first kappa shape index (κ1) is 6.93. The molecule has 3 rings (SSSR count). The van der Waals surface area contributed by atoms with Crippen molar-refractivity contribution in [1.29, 1.82) is 0 Å². The molecule has 4 atom stereocenters. The summed E-state index contributed by atoms with van der Waals surface area (Å²) in [7, 11) is 2.59. The zero-order valence-electron chi connectivity index (χ0n) is 26.2. The van der Waals surface area contributed by atoms with Gasteiger partial charge in [0.1, 0.15) is 0 Å². The zero-order valence-corrected chi connectivity index (χ0v) is 13.2. The van der Waals surface area contributed by atoms with Crippen LogP contribution < -0.4 is 9.47 Å². The Morgan fingerprint density at radius 3 is 2.96 bits per heavy atom. The van der Waals surface area contributed by atoms with Gasteiger partial charge in [0, 0.05) is 35.5 Å². The van der Waals surface area contributed by atoms with Gasteiger partial charge in [0.15, 0.2) is 11.5 Å². The quantitative estimate of drug-likeness (QED) is 0.920. The first-order valence-electron chi connectivity index (χ1n) is 13.7. The molecule has 0 saturated carbocycles. The second-order valence-electron chi connectivity index (χ2n) is 5.44. The van der Waals surface area contributed by atoms with E-state index < -0.39 is 62.9 Å². The van der Waals surface area contributed by atoms with Gasteiger partial charge in [-0.25, -0.2) is 0 Å². The molecule has 1 fully saturated rings. The molecule has 0 radical (unpaired) electrons. The van der Waals surface area contributed by atoms with Crippen LogP contribution in [0.15, 0.2) is 12.1 Å². The molecule has 2 heterocycles. The summed E-state index contributed by atoms with van der Waals surface area (Å²) in [5, 5.41) is 11.1. The lowest BCUT2D eigenvalue weighted by atomic mass is 9.79. The highest BCUT2D eigenvalue weighted by atomic mass is 16.5. The minimum atomic E-state index is -3.40. The Morgan fingerprint density at radius 2 is 2.26 bits per heavy atom. The number of nitrogens with zero attached hydrogens (tertiary/aromatic N) is 1. The number of aliphatic hydroxyl groups is 1. The van der Waals surface area contributed by atoms with Crippen molar-refractivity contribution in [2.45, 2.75) is 45.1 Å². The summed E-state index contributed by atoms with van der Waals surface area (Å²) in [6, 6.07) is 1.01. The monoisotopic (exact) mass is 332 g/mol. The van der Waals surface area contributed by atoms with Crippen LogP contribution in [-0.4, -0.2) is 43.3 Å². The van der Waals surface area contributed by atoms with E-state index in [-0.39, 0.29) is 22.6 Å². The SMILES string of the molecule is [2H]C1([2H])[C@H](C([2H])([2H])C([2H])(C)C([2H])([2H])[2H])[C@]([2H])(O)C[C@H]2c3cc(OC)c(OC)cc3C([2H])([2H])C([2H])([2H])N21. The van der Waals surface area contributed by atoms with Crippen molar-refractivity contribution in [3.63, 3.8) is 0 Å². The molecule has 4 heteroatoms. The second kappa shape index (κ2) is 6.70. The third kappa shape index (κ3) is 3.20. The topological polar surface area (TPSA) is 41.9 Å². The number of ether oxygens (including phenoxy) is 2. The molecule has 4 nitrogen and oxygen atoms in total. The van der Waals surface area contributed by atoms with E-state index >= 15 is 0 Å². The lowest BCUT2D eigenvalue weighted by molar-refractivity contribution is -0.0191. The molecule has 1 aromatic rings. The van der Waals surface area contributed by atoms with Crippen LogP contribution in [-0.2, 0) is 6.37 Å². The molecule has 2 aliphatic rings. The average molecular weight is 333 g/mol. The van der Waals surface area contributed by atoms with Gasteiger partial charge in [-0.1, -0.05) is 13.8 Å². The standard InChI is InChI=1S/C19H29NO3/c1-12(2)7-14-11-20-6-5-13-8-18(22-3)19(23-4)9-15(13)16(20)10-17(14)21/h8-9,12,14,16-17,21H,5-7,10-11H2,1-4H3/t14-,16-,17+/m0/s1/i1D3,5D2,6D2,7D2,11D2,12D,17D/t12?,14-,16-,17+. The van der Waals surface area contributed by atoms with Crippen molar-refractivity contribution < 1.29 is 32.4 Å². The number of rotatable bonds is 4. The van der Waals surface area contributed by atoms with Crippen LogP contribution in [0.1, 0.15) is 61.6 Å². The molecule has 23 heavy (non-hydrogen) atoms. The molecule has 128 valence electrons. The fourth-order valence-corrected chi connectivity index (χ4v) is 2.80. The highest BCUT2D eigenvalue weighted by molar-refractivity contribution is 5.49. The van der Waals surface area contributed by atoms with E-state index in [1.165, 1.54) is 26.4 Å². The van der Waals surface area contributed by atoms with Gasteiger partial charge in [-0.05, 0) is 54.2 Å². The molecular weight excluding hydrogens is 290 g/mol. The summed E-state index contributed by atoms with van der Waals surface area (Å²) in [5.74, 6) is -5.43. The molecule has 1 N–H and O–H groups in total. The Hall–Kier alpha value is -1.26. The van der Waals surface area contributed by atoms with Crippen LogP contribution in [0.3, 0.4) is 0 Å². The fourth-order valence-electron chi connectivity index (χ4n) is 2.80. The van der Waals surface area contributed by atoms with Gasteiger partial charge in [-0.2, -0.15) is 0 Å². The Labute approximate surface area is 157 Å². The summed E-state index contributed by atoms with van der Waals surface area (Å²) in [4.78, 5) is 0.412. The van der Waals surface area contributed by atoms with Crippen molar-refractivity contribution in [3.8, 4) is 11.5 Å². The number of hydrogen-bond acceptors (Lipinski definition) is 4. The highest BCUT2D eigenvalue weighted by Crippen LogP contribution is 2.43. The zero-order chi connectivity index (χ0) is 28.1. The van der Waals surface area contributed by atoms with Gasteiger partial charge >= 0.3 is 0 Å². The fraction of sp³-hybridized carbons (Fsp3) is 0.684. The summed E-state index contributed by atoms with van der Waals surface area (Å²) in [6.07, 6.45) is -10.1. The van der Waals surface area contributed by atoms with Crippen LogP contribution in [0.4, 0.5) is 0 Å². The highest BCUT2D eigenvalue weighted by Gasteiger charge is 2.38. The Bertz CT molecular complexity index is 1040. The second-order valence-corrected chi connectivity index (χ2v) is 5.44. The predicted octanol–water partition coefficient (Wildman–Crippen LogP) is 3.03. The molecule has 1 saturated heterocycles. The third-order valence-electron chi connectivity index (χ3n) is 3.90. The van der Waals surface area contributed by atoms with Crippen LogP contribution in [0, 0.1) is 11.8 Å². The first-order valence-corrected chi connectivity index (χ1v) is 7.22. The number of piperidine rings is 1. The number of hydrogen-bond donors (Lipinski definition) is 1. The number of benzene rings is 1. The van der Waals surface area contributed by atoms with Gasteiger partial charge in [0.05, 0.1) is 21.7 Å². The van der Waals surface area contributed by atoms with Gasteiger partial charge < -0.3 is 14.6 Å². The normalized spacial score (nSPS) is 49.3. The first-order chi connectivity index (χ1) is 15.9. The van der Waals surface area contributed by atoms with Crippen LogP contribution >= 0.6 is 0 Å². The molecular formula is C19H29NO3. The molecule has 0 aromatic heterocycles. The minimum Gasteiger partial charge on any atom is -0.493 e. The summed E-state index contributed by atoms with van der Waals surface area (Å²) >= 11 is 0. The summed E-state index contributed by atoms with van der Waals surface area (Å²) in [6.45, 7) is -9.10. The van der Waals surface area contributed by atoms with E-state index in [0.717, 1.165) is 0 Å². The van der Waals surface area contributed by atoms with Crippen molar-refractivity contribution in [3.05, 3.63) is 23.3 Å². The van der Waals surface area contributed by atoms with E-state index in [0.29, 0.717) is 11.8 Å². The molecule has 2 aliphatic heterocycles. The van der Waals surface area contributed by atoms with E-state index in [4.69, 9.17) is 27.3 Å². The van der Waals surface area contributed by atoms with Crippen molar-refractivity contribution in [2.75, 3.05) is 27.2 Å². The van der Waals surface area contributed by atoms with E-state index in [2.05, 4.69) is 0 Å². The Kier molecular flexibility index (Phi) is 2.02. The van der Waals surface area contributed by atoms with Crippen molar-refractivity contribution in [2.24, 2.45) is 11.8 Å².